The average Bonchev–Trinajstić information content (AvgIpc) is 2.37. The first-order chi connectivity index (χ1) is 9.54. The number of nitriles is 1. The maximum absolute atomic E-state index is 8.61. The number of hydrogen-bond acceptors (Lipinski definition) is 5. The van der Waals surface area contributed by atoms with Gasteiger partial charge in [-0.2, -0.15) is 5.26 Å². The third-order valence-electron chi connectivity index (χ3n) is 2.44. The Morgan fingerprint density at radius 2 is 1.60 bits per heavy atom. The summed E-state index contributed by atoms with van der Waals surface area (Å²) in [5.41, 5.74) is 0. The van der Waals surface area contributed by atoms with Gasteiger partial charge in [0, 0.05) is 18.7 Å². The molecule has 1 unspecified atom stereocenters. The van der Waals surface area contributed by atoms with E-state index in [0.717, 1.165) is 13.0 Å². The van der Waals surface area contributed by atoms with Crippen LogP contribution in [0.15, 0.2) is 0 Å². The second-order valence-electron chi connectivity index (χ2n) is 4.99. The van der Waals surface area contributed by atoms with Crippen LogP contribution in [-0.2, 0) is 13.8 Å². The molecular weight excluding hydrogens is 275 g/mol. The van der Waals surface area contributed by atoms with Crippen LogP contribution in [0.4, 0.5) is 0 Å². The van der Waals surface area contributed by atoms with E-state index in [0.29, 0.717) is 38.3 Å². The van der Waals surface area contributed by atoms with Crippen LogP contribution in [0.1, 0.15) is 47.5 Å². The van der Waals surface area contributed by atoms with E-state index in [1.54, 1.807) is 0 Å². The van der Waals surface area contributed by atoms with Crippen LogP contribution in [0.5, 0.6) is 0 Å². The van der Waals surface area contributed by atoms with Crippen molar-refractivity contribution in [3.8, 4) is 6.07 Å². The molecule has 20 heavy (non-hydrogen) atoms. The third kappa shape index (κ3) is 8.84. The van der Waals surface area contributed by atoms with E-state index in [1.165, 1.54) is 0 Å². The Morgan fingerprint density at radius 3 is 2.10 bits per heavy atom. The molecule has 0 heterocycles. The first-order valence-electron chi connectivity index (χ1n) is 7.33. The Morgan fingerprint density at radius 1 is 1.00 bits per heavy atom. The van der Waals surface area contributed by atoms with Gasteiger partial charge in [-0.3, -0.25) is 0 Å². The van der Waals surface area contributed by atoms with Gasteiger partial charge in [-0.25, -0.2) is 4.67 Å². The molecule has 0 aromatic rings. The summed E-state index contributed by atoms with van der Waals surface area (Å²) in [7, 11) is -1.13. The standard InChI is InChI=1S/C14H29N2O3P/c1-6-9-17-11-12-19-20(18-10-7-8-15)16(13(2)3)14(4)5/h13-14H,6-7,9-12H2,1-5H3. The molecule has 1 atom stereocenters. The molecule has 0 radical (unpaired) electrons. The molecule has 0 aliphatic heterocycles. The largest absolute Gasteiger partial charge is 0.379 e. The van der Waals surface area contributed by atoms with E-state index in [1.807, 2.05) is 0 Å². The lowest BCUT2D eigenvalue weighted by Crippen LogP contribution is -2.34. The summed E-state index contributed by atoms with van der Waals surface area (Å²) in [5.74, 6) is 0. The molecule has 0 spiro atoms. The van der Waals surface area contributed by atoms with Crippen molar-refractivity contribution >= 4 is 8.53 Å². The zero-order valence-corrected chi connectivity index (χ0v) is 14.4. The molecule has 0 aliphatic carbocycles. The predicted octanol–water partition coefficient (Wildman–Crippen LogP) is 3.71. The van der Waals surface area contributed by atoms with E-state index in [-0.39, 0.29) is 0 Å². The molecule has 0 bridgehead atoms. The minimum absolute atomic E-state index is 0.333. The van der Waals surface area contributed by atoms with Crippen molar-refractivity contribution in [1.82, 2.24) is 4.67 Å². The lowest BCUT2D eigenvalue weighted by Gasteiger charge is -2.35. The maximum atomic E-state index is 8.61. The van der Waals surface area contributed by atoms with E-state index in [2.05, 4.69) is 45.4 Å². The summed E-state index contributed by atoms with van der Waals surface area (Å²) in [4.78, 5) is 0. The summed E-state index contributed by atoms with van der Waals surface area (Å²) >= 11 is 0. The number of rotatable bonds is 12. The molecule has 0 fully saturated rings. The number of ether oxygens (including phenoxy) is 1. The fraction of sp³-hybridized carbons (Fsp3) is 0.929. The zero-order valence-electron chi connectivity index (χ0n) is 13.5. The Labute approximate surface area is 125 Å². The first kappa shape index (κ1) is 19.8. The van der Waals surface area contributed by atoms with E-state index >= 15 is 0 Å². The van der Waals surface area contributed by atoms with Crippen molar-refractivity contribution in [3.05, 3.63) is 0 Å². The van der Waals surface area contributed by atoms with Crippen molar-refractivity contribution < 1.29 is 13.8 Å². The van der Waals surface area contributed by atoms with Crippen LogP contribution < -0.4 is 0 Å². The maximum Gasteiger partial charge on any atom is 0.259 e. The summed E-state index contributed by atoms with van der Waals surface area (Å²) in [6.45, 7) is 12.9. The fourth-order valence-corrected chi connectivity index (χ4v) is 3.31. The fourth-order valence-electron chi connectivity index (χ4n) is 1.73. The summed E-state index contributed by atoms with van der Waals surface area (Å²) in [5, 5.41) is 8.61. The number of nitrogens with zero attached hydrogens (tertiary/aromatic N) is 2. The molecule has 0 N–H and O–H groups in total. The topological polar surface area (TPSA) is 54.7 Å². The van der Waals surface area contributed by atoms with Crippen molar-refractivity contribution in [3.63, 3.8) is 0 Å². The molecule has 0 rings (SSSR count). The van der Waals surface area contributed by atoms with Gasteiger partial charge in [0.25, 0.3) is 8.53 Å². The van der Waals surface area contributed by atoms with E-state index in [4.69, 9.17) is 19.0 Å². The smallest absolute Gasteiger partial charge is 0.259 e. The highest BCUT2D eigenvalue weighted by Gasteiger charge is 2.26. The molecule has 0 aliphatic rings. The molecule has 0 saturated heterocycles. The van der Waals surface area contributed by atoms with Gasteiger partial charge in [0.2, 0.25) is 0 Å². The van der Waals surface area contributed by atoms with Crippen LogP contribution in [0.25, 0.3) is 0 Å². The summed E-state index contributed by atoms with van der Waals surface area (Å²) in [6, 6.07) is 2.76. The lowest BCUT2D eigenvalue weighted by molar-refractivity contribution is 0.0883. The van der Waals surface area contributed by atoms with Gasteiger partial charge < -0.3 is 13.8 Å². The highest BCUT2D eigenvalue weighted by Crippen LogP contribution is 2.45. The van der Waals surface area contributed by atoms with Gasteiger partial charge >= 0.3 is 0 Å². The first-order valence-corrected chi connectivity index (χ1v) is 8.46. The highest BCUT2D eigenvalue weighted by molar-refractivity contribution is 7.44. The molecule has 0 aromatic carbocycles. The molecular formula is C14H29N2O3P. The van der Waals surface area contributed by atoms with Crippen molar-refractivity contribution in [1.29, 1.82) is 5.26 Å². The van der Waals surface area contributed by atoms with Crippen LogP contribution in [0.3, 0.4) is 0 Å². The van der Waals surface area contributed by atoms with Crippen molar-refractivity contribution in [2.45, 2.75) is 59.5 Å². The lowest BCUT2D eigenvalue weighted by atomic mass is 10.3. The Hall–Kier alpha value is -0.240. The molecule has 118 valence electrons. The van der Waals surface area contributed by atoms with Gasteiger partial charge in [-0.05, 0) is 34.1 Å². The van der Waals surface area contributed by atoms with Gasteiger partial charge in [0.15, 0.2) is 0 Å². The monoisotopic (exact) mass is 304 g/mol. The quantitative estimate of drug-likeness (QED) is 0.406. The zero-order chi connectivity index (χ0) is 15.4. The molecule has 0 amide bonds. The second kappa shape index (κ2) is 12.5. The summed E-state index contributed by atoms with van der Waals surface area (Å²) < 4.78 is 19.3. The second-order valence-corrected chi connectivity index (χ2v) is 6.45. The Bertz CT molecular complexity index is 262. The molecule has 0 saturated carbocycles. The van der Waals surface area contributed by atoms with Gasteiger partial charge in [-0.1, -0.05) is 6.92 Å². The van der Waals surface area contributed by atoms with Crippen LogP contribution in [-0.4, -0.2) is 43.2 Å². The highest BCUT2D eigenvalue weighted by atomic mass is 31.2. The van der Waals surface area contributed by atoms with Gasteiger partial charge in [-0.15, -0.1) is 0 Å². The van der Waals surface area contributed by atoms with Gasteiger partial charge in [0.05, 0.1) is 32.3 Å². The predicted molar refractivity (Wildman–Crippen MR) is 82.3 cm³/mol. The summed E-state index contributed by atoms with van der Waals surface area (Å²) in [6.07, 6.45) is 1.40. The average molecular weight is 304 g/mol. The minimum Gasteiger partial charge on any atom is -0.379 e. The normalized spacial score (nSPS) is 13.2. The van der Waals surface area contributed by atoms with Crippen molar-refractivity contribution in [2.75, 3.05) is 26.4 Å². The molecule has 5 nitrogen and oxygen atoms in total. The third-order valence-corrected chi connectivity index (χ3v) is 4.55. The SMILES string of the molecule is CCCOCCOP(OCCC#N)N(C(C)C)C(C)C. The molecule has 0 aromatic heterocycles. The van der Waals surface area contributed by atoms with Gasteiger partial charge in [0.1, 0.15) is 0 Å². The van der Waals surface area contributed by atoms with Crippen molar-refractivity contribution in [2.24, 2.45) is 0 Å². The Balaban J connectivity index is 4.34. The van der Waals surface area contributed by atoms with E-state index in [9.17, 15) is 0 Å². The minimum atomic E-state index is -1.13. The molecule has 6 heteroatoms. The van der Waals surface area contributed by atoms with Crippen LogP contribution in [0.2, 0.25) is 0 Å². The van der Waals surface area contributed by atoms with Crippen LogP contribution >= 0.6 is 8.53 Å². The van der Waals surface area contributed by atoms with Crippen LogP contribution in [0, 0.1) is 11.3 Å². The number of hydrogen-bond donors (Lipinski definition) is 0. The van der Waals surface area contributed by atoms with E-state index < -0.39 is 8.53 Å². The Kier molecular flexibility index (Phi) is 12.3.